The Bertz CT molecular complexity index is 850. The van der Waals surface area contributed by atoms with Gasteiger partial charge in [0.1, 0.15) is 0 Å². The molecule has 31 heavy (non-hydrogen) atoms. The minimum atomic E-state index is 0.430. The normalized spacial score (nSPS) is 24.0. The number of para-hydroxylation sites is 2. The van der Waals surface area contributed by atoms with Crippen LogP contribution in [0, 0.1) is 5.92 Å². The molecule has 5 nitrogen and oxygen atoms in total. The van der Waals surface area contributed by atoms with E-state index >= 15 is 0 Å². The lowest BCUT2D eigenvalue weighted by atomic mass is 9.77. The fraction of sp³-hybridized carbons (Fsp3) is 0.731. The van der Waals surface area contributed by atoms with Crippen molar-refractivity contribution in [1.29, 1.82) is 0 Å². The molecule has 0 amide bonds. The summed E-state index contributed by atoms with van der Waals surface area (Å²) in [6, 6.07) is 9.33. The van der Waals surface area contributed by atoms with E-state index in [1.807, 2.05) is 0 Å². The Morgan fingerprint density at radius 3 is 2.29 bits per heavy atom. The second-order valence-corrected chi connectivity index (χ2v) is 10.4. The van der Waals surface area contributed by atoms with Crippen LogP contribution >= 0.6 is 0 Å². The van der Waals surface area contributed by atoms with Crippen LogP contribution in [0.1, 0.15) is 71.3 Å². The third kappa shape index (κ3) is 4.00. The highest BCUT2D eigenvalue weighted by atomic mass is 15.3. The number of aromatic nitrogens is 2. The predicted molar refractivity (Wildman–Crippen MR) is 130 cm³/mol. The van der Waals surface area contributed by atoms with E-state index in [2.05, 4.69) is 57.8 Å². The summed E-state index contributed by atoms with van der Waals surface area (Å²) in [6.45, 7) is 11.6. The summed E-state index contributed by atoms with van der Waals surface area (Å²) in [5.74, 6) is 1.95. The third-order valence-corrected chi connectivity index (χ3v) is 8.48. The summed E-state index contributed by atoms with van der Waals surface area (Å²) < 4.78 is 2.60. The fourth-order valence-corrected chi connectivity index (χ4v) is 6.65. The molecule has 170 valence electrons. The van der Waals surface area contributed by atoms with Crippen molar-refractivity contribution in [3.05, 3.63) is 24.3 Å². The van der Waals surface area contributed by atoms with Gasteiger partial charge in [-0.25, -0.2) is 4.98 Å². The molecule has 1 N–H and O–H groups in total. The number of nitrogens with zero attached hydrogens (tertiary/aromatic N) is 4. The van der Waals surface area contributed by atoms with Crippen molar-refractivity contribution in [3.63, 3.8) is 0 Å². The Morgan fingerprint density at radius 1 is 0.935 bits per heavy atom. The van der Waals surface area contributed by atoms with Gasteiger partial charge in [0.25, 0.3) is 0 Å². The number of anilines is 1. The van der Waals surface area contributed by atoms with Gasteiger partial charge in [0.05, 0.1) is 11.0 Å². The molecule has 0 atom stereocenters. The van der Waals surface area contributed by atoms with Crippen LogP contribution in [0.25, 0.3) is 11.0 Å². The van der Waals surface area contributed by atoms with E-state index in [0.717, 1.165) is 37.6 Å². The van der Waals surface area contributed by atoms with Gasteiger partial charge < -0.3 is 14.8 Å². The smallest absolute Gasteiger partial charge is 0.206 e. The lowest BCUT2D eigenvalue weighted by Gasteiger charge is -2.50. The minimum absolute atomic E-state index is 0.430. The van der Waals surface area contributed by atoms with Gasteiger partial charge in [-0.05, 0) is 43.7 Å². The summed E-state index contributed by atoms with van der Waals surface area (Å²) in [5, 5.41) is 3.49. The van der Waals surface area contributed by atoms with Crippen molar-refractivity contribution in [2.75, 3.05) is 44.2 Å². The number of hydrogen-bond donors (Lipinski definition) is 1. The monoisotopic (exact) mass is 423 g/mol. The summed E-state index contributed by atoms with van der Waals surface area (Å²) >= 11 is 0. The Balaban J connectivity index is 1.40. The summed E-state index contributed by atoms with van der Waals surface area (Å²) in [4.78, 5) is 10.5. The molecule has 1 aromatic heterocycles. The molecule has 2 saturated heterocycles. The van der Waals surface area contributed by atoms with E-state index in [4.69, 9.17) is 4.98 Å². The second-order valence-electron chi connectivity index (χ2n) is 10.4. The summed E-state index contributed by atoms with van der Waals surface area (Å²) in [6.07, 6.45) is 11.0. The van der Waals surface area contributed by atoms with Gasteiger partial charge in [-0.2, -0.15) is 0 Å². The molecule has 1 saturated carbocycles. The van der Waals surface area contributed by atoms with Gasteiger partial charge in [-0.3, -0.25) is 4.90 Å². The van der Waals surface area contributed by atoms with E-state index in [9.17, 15) is 0 Å². The highest BCUT2D eigenvalue weighted by Gasteiger charge is 2.41. The van der Waals surface area contributed by atoms with Crippen LogP contribution < -0.4 is 10.2 Å². The van der Waals surface area contributed by atoms with Crippen molar-refractivity contribution >= 4 is 17.0 Å². The van der Waals surface area contributed by atoms with Crippen molar-refractivity contribution in [2.45, 2.75) is 76.8 Å². The Morgan fingerprint density at radius 2 is 1.61 bits per heavy atom. The van der Waals surface area contributed by atoms with E-state index in [-0.39, 0.29) is 0 Å². The van der Waals surface area contributed by atoms with E-state index in [0.29, 0.717) is 11.6 Å². The average molecular weight is 424 g/mol. The summed E-state index contributed by atoms with van der Waals surface area (Å²) in [5.41, 5.74) is 2.91. The Kier molecular flexibility index (Phi) is 6.25. The number of hydrogen-bond acceptors (Lipinski definition) is 4. The van der Waals surface area contributed by atoms with Gasteiger partial charge in [-0.15, -0.1) is 0 Å². The quantitative estimate of drug-likeness (QED) is 0.715. The molecule has 3 heterocycles. The zero-order valence-corrected chi connectivity index (χ0v) is 19.7. The molecule has 5 heteroatoms. The molecule has 2 aromatic rings. The first-order valence-corrected chi connectivity index (χ1v) is 12.9. The van der Waals surface area contributed by atoms with Crippen molar-refractivity contribution < 1.29 is 0 Å². The molecule has 0 radical (unpaired) electrons. The Labute approximate surface area is 188 Å². The SMILES string of the molecule is CC(C)C1(N2CCC(n3c(N4CCNCC4)nc4ccccc43)CC2)CCCCCC1. The van der Waals surface area contributed by atoms with E-state index in [1.54, 1.807) is 0 Å². The largest absolute Gasteiger partial charge is 0.340 e. The van der Waals surface area contributed by atoms with Gasteiger partial charge in [0.2, 0.25) is 5.95 Å². The van der Waals surface area contributed by atoms with Crippen LogP contribution in [-0.4, -0.2) is 59.3 Å². The molecule has 3 aliphatic rings. The average Bonchev–Trinajstić information content (AvgIpc) is 3.01. The van der Waals surface area contributed by atoms with Gasteiger partial charge in [0.15, 0.2) is 0 Å². The van der Waals surface area contributed by atoms with Crippen LogP contribution in [0.15, 0.2) is 24.3 Å². The van der Waals surface area contributed by atoms with Crippen LogP contribution in [0.5, 0.6) is 0 Å². The first-order chi connectivity index (χ1) is 15.2. The number of nitrogens with one attached hydrogen (secondary N) is 1. The molecule has 5 rings (SSSR count). The summed E-state index contributed by atoms with van der Waals surface area (Å²) in [7, 11) is 0. The van der Waals surface area contributed by atoms with Crippen molar-refractivity contribution in [1.82, 2.24) is 19.8 Å². The zero-order chi connectivity index (χ0) is 21.3. The topological polar surface area (TPSA) is 36.3 Å². The maximum absolute atomic E-state index is 5.12. The van der Waals surface area contributed by atoms with Gasteiger partial charge >= 0.3 is 0 Å². The van der Waals surface area contributed by atoms with Crippen molar-refractivity contribution in [3.8, 4) is 0 Å². The number of imidazole rings is 1. The fourth-order valence-electron chi connectivity index (χ4n) is 6.65. The molecule has 2 aliphatic heterocycles. The first kappa shape index (κ1) is 21.3. The number of fused-ring (bicyclic) bond motifs is 1. The molecular weight excluding hydrogens is 382 g/mol. The maximum atomic E-state index is 5.12. The van der Waals surface area contributed by atoms with Crippen molar-refractivity contribution in [2.24, 2.45) is 5.92 Å². The highest BCUT2D eigenvalue weighted by Crippen LogP contribution is 2.42. The third-order valence-electron chi connectivity index (χ3n) is 8.48. The molecule has 0 bridgehead atoms. The van der Waals surface area contributed by atoms with E-state index in [1.165, 1.54) is 75.9 Å². The van der Waals surface area contributed by atoms with Gasteiger partial charge in [-0.1, -0.05) is 51.7 Å². The zero-order valence-electron chi connectivity index (χ0n) is 19.7. The van der Waals surface area contributed by atoms with E-state index < -0.39 is 0 Å². The molecular formula is C26H41N5. The molecule has 3 fully saturated rings. The van der Waals surface area contributed by atoms with Crippen LogP contribution in [-0.2, 0) is 0 Å². The predicted octanol–water partition coefficient (Wildman–Crippen LogP) is 4.83. The molecule has 1 aliphatic carbocycles. The lowest BCUT2D eigenvalue weighted by Crippen LogP contribution is -2.55. The number of likely N-dealkylation sites (tertiary alicyclic amines) is 1. The van der Waals surface area contributed by atoms with Gasteiger partial charge in [0, 0.05) is 50.8 Å². The molecule has 0 unspecified atom stereocenters. The Hall–Kier alpha value is -1.59. The van der Waals surface area contributed by atoms with Crippen LogP contribution in [0.4, 0.5) is 5.95 Å². The number of rotatable bonds is 4. The lowest BCUT2D eigenvalue weighted by molar-refractivity contribution is 0.00459. The number of piperidine rings is 1. The highest BCUT2D eigenvalue weighted by molar-refractivity contribution is 5.79. The first-order valence-electron chi connectivity index (χ1n) is 12.9. The number of benzene rings is 1. The molecule has 0 spiro atoms. The minimum Gasteiger partial charge on any atom is -0.340 e. The molecule has 1 aromatic carbocycles. The van der Waals surface area contributed by atoms with Crippen LogP contribution in [0.2, 0.25) is 0 Å². The maximum Gasteiger partial charge on any atom is 0.206 e. The second kappa shape index (κ2) is 9.11. The number of piperazine rings is 1. The standard InChI is InChI=1S/C26H41N5/c1-21(2)26(13-7-3-4-8-14-26)30-17-11-22(12-18-30)31-24-10-6-5-9-23(24)28-25(31)29-19-15-27-16-20-29/h5-6,9-10,21-22,27H,3-4,7-8,11-20H2,1-2H3. The van der Waals surface area contributed by atoms with Crippen LogP contribution in [0.3, 0.4) is 0 Å².